The molecule has 0 unspecified atom stereocenters. The molecule has 4 nitrogen and oxygen atoms in total. The van der Waals surface area contributed by atoms with Gasteiger partial charge in [-0.3, -0.25) is 9.78 Å². The summed E-state index contributed by atoms with van der Waals surface area (Å²) in [7, 11) is 0. The molecule has 2 aliphatic rings. The molecule has 6 heteroatoms. The molecular formula is C18H19BrClN3O. The quantitative estimate of drug-likeness (QED) is 0.830. The highest BCUT2D eigenvalue weighted by atomic mass is 79.9. The summed E-state index contributed by atoms with van der Waals surface area (Å²) in [5.41, 5.74) is 2.00. The van der Waals surface area contributed by atoms with Gasteiger partial charge < -0.3 is 10.2 Å². The van der Waals surface area contributed by atoms with Crippen LogP contribution in [0.1, 0.15) is 25.7 Å². The van der Waals surface area contributed by atoms with Crippen LogP contribution in [0.3, 0.4) is 0 Å². The van der Waals surface area contributed by atoms with Crippen LogP contribution in [0.2, 0.25) is 5.02 Å². The van der Waals surface area contributed by atoms with Crippen molar-refractivity contribution in [2.75, 3.05) is 18.0 Å². The number of rotatable bonds is 3. The van der Waals surface area contributed by atoms with Crippen molar-refractivity contribution in [3.8, 4) is 0 Å². The highest BCUT2D eigenvalue weighted by molar-refractivity contribution is 9.10. The number of carbonyl (C=O) groups excluding carboxylic acids is 1. The molecule has 0 radical (unpaired) electrons. The molecule has 126 valence electrons. The largest absolute Gasteiger partial charge is 0.371 e. The van der Waals surface area contributed by atoms with Crippen LogP contribution in [0.15, 0.2) is 28.9 Å². The summed E-state index contributed by atoms with van der Waals surface area (Å²) in [6.45, 7) is 1.86. The van der Waals surface area contributed by atoms with Crippen molar-refractivity contribution >= 4 is 50.0 Å². The van der Waals surface area contributed by atoms with Gasteiger partial charge in [0, 0.05) is 46.8 Å². The summed E-state index contributed by atoms with van der Waals surface area (Å²) in [6.07, 6.45) is 5.89. The minimum atomic E-state index is 0.249. The third-order valence-electron chi connectivity index (χ3n) is 4.87. The number of piperidine rings is 1. The van der Waals surface area contributed by atoms with Crippen molar-refractivity contribution in [1.82, 2.24) is 10.3 Å². The zero-order valence-corrected chi connectivity index (χ0v) is 15.6. The molecular weight excluding hydrogens is 390 g/mol. The summed E-state index contributed by atoms with van der Waals surface area (Å²) in [5.74, 6) is 0.533. The van der Waals surface area contributed by atoms with Gasteiger partial charge in [0.05, 0.1) is 10.5 Å². The van der Waals surface area contributed by atoms with E-state index in [0.29, 0.717) is 11.1 Å². The molecule has 2 heterocycles. The normalized spacial score (nSPS) is 18.8. The number of aromatic nitrogens is 1. The lowest BCUT2D eigenvalue weighted by atomic mass is 10.0. The fourth-order valence-electron chi connectivity index (χ4n) is 3.37. The predicted octanol–water partition coefficient (Wildman–Crippen LogP) is 4.15. The Morgan fingerprint density at radius 3 is 2.71 bits per heavy atom. The van der Waals surface area contributed by atoms with E-state index in [2.05, 4.69) is 37.2 Å². The Labute approximate surface area is 154 Å². The van der Waals surface area contributed by atoms with Crippen LogP contribution >= 0.6 is 27.5 Å². The molecule has 1 aromatic heterocycles. The highest BCUT2D eigenvalue weighted by Crippen LogP contribution is 2.34. The Balaban J connectivity index is 1.51. The summed E-state index contributed by atoms with van der Waals surface area (Å²) >= 11 is 9.85. The second-order valence-electron chi connectivity index (χ2n) is 6.66. The molecule has 4 rings (SSSR count). The fourth-order valence-corrected chi connectivity index (χ4v) is 4.23. The number of pyridine rings is 1. The van der Waals surface area contributed by atoms with E-state index in [-0.39, 0.29) is 11.8 Å². The van der Waals surface area contributed by atoms with Crippen molar-refractivity contribution in [2.45, 2.75) is 31.7 Å². The number of nitrogens with zero attached hydrogens (tertiary/aromatic N) is 2. The van der Waals surface area contributed by atoms with Crippen molar-refractivity contribution in [1.29, 1.82) is 0 Å². The van der Waals surface area contributed by atoms with E-state index in [0.717, 1.165) is 59.8 Å². The van der Waals surface area contributed by atoms with Gasteiger partial charge in [-0.05, 0) is 43.9 Å². The number of carbonyl (C=O) groups is 1. The molecule has 1 aliphatic heterocycles. The molecule has 0 spiro atoms. The van der Waals surface area contributed by atoms with Crippen LogP contribution in [0.5, 0.6) is 0 Å². The Morgan fingerprint density at radius 1 is 1.25 bits per heavy atom. The van der Waals surface area contributed by atoms with Gasteiger partial charge in [-0.15, -0.1) is 0 Å². The summed E-state index contributed by atoms with van der Waals surface area (Å²) in [6, 6.07) is 6.30. The minimum absolute atomic E-state index is 0.249. The zero-order valence-electron chi connectivity index (χ0n) is 13.3. The van der Waals surface area contributed by atoms with Gasteiger partial charge in [-0.2, -0.15) is 0 Å². The number of halogens is 2. The number of fused-ring (bicyclic) bond motifs is 1. The number of nitrogens with one attached hydrogen (secondary N) is 1. The second-order valence-corrected chi connectivity index (χ2v) is 7.98. The first-order chi connectivity index (χ1) is 11.6. The molecule has 0 bridgehead atoms. The number of anilines is 1. The van der Waals surface area contributed by atoms with E-state index >= 15 is 0 Å². The lowest BCUT2D eigenvalue weighted by Gasteiger charge is -2.34. The third kappa shape index (κ3) is 3.24. The van der Waals surface area contributed by atoms with Crippen molar-refractivity contribution < 1.29 is 4.79 Å². The minimum Gasteiger partial charge on any atom is -0.371 e. The molecule has 0 atom stereocenters. The Hall–Kier alpha value is -1.33. The van der Waals surface area contributed by atoms with Crippen molar-refractivity contribution in [3.63, 3.8) is 0 Å². The van der Waals surface area contributed by atoms with E-state index in [4.69, 9.17) is 11.6 Å². The van der Waals surface area contributed by atoms with Crippen molar-refractivity contribution in [2.24, 2.45) is 5.92 Å². The number of benzene rings is 1. The molecule has 1 saturated heterocycles. The predicted molar refractivity (Wildman–Crippen MR) is 101 cm³/mol. The average molecular weight is 409 g/mol. The SMILES string of the molecule is O=C(NC1CCN(c2ccnc3c(Cl)cc(Br)cc23)CC1)C1CC1. The highest BCUT2D eigenvalue weighted by Gasteiger charge is 2.32. The van der Waals surface area contributed by atoms with E-state index < -0.39 is 0 Å². The van der Waals surface area contributed by atoms with Crippen LogP contribution in [0, 0.1) is 5.92 Å². The number of hydrogen-bond acceptors (Lipinski definition) is 3. The molecule has 1 aromatic carbocycles. The lowest BCUT2D eigenvalue weighted by molar-refractivity contribution is -0.123. The topological polar surface area (TPSA) is 45.2 Å². The van der Waals surface area contributed by atoms with Crippen LogP contribution in [-0.4, -0.2) is 30.0 Å². The standard InChI is InChI=1S/C18H19BrClN3O/c19-12-9-14-16(3-6-21-17(14)15(20)10-12)23-7-4-13(5-8-23)22-18(24)11-1-2-11/h3,6,9-11,13H,1-2,4-5,7-8H2,(H,22,24). The van der Waals surface area contributed by atoms with Crippen LogP contribution in [0.25, 0.3) is 10.9 Å². The summed E-state index contributed by atoms with van der Waals surface area (Å²) < 4.78 is 0.959. The maximum Gasteiger partial charge on any atom is 0.223 e. The maximum absolute atomic E-state index is 11.9. The van der Waals surface area contributed by atoms with Crippen LogP contribution < -0.4 is 10.2 Å². The van der Waals surface area contributed by atoms with Crippen molar-refractivity contribution in [3.05, 3.63) is 33.9 Å². The Bertz CT molecular complexity index is 785. The fraction of sp³-hybridized carbons (Fsp3) is 0.444. The van der Waals surface area contributed by atoms with E-state index in [1.807, 2.05) is 18.3 Å². The monoisotopic (exact) mass is 407 g/mol. The molecule has 1 saturated carbocycles. The molecule has 1 amide bonds. The second kappa shape index (κ2) is 6.52. The van der Waals surface area contributed by atoms with Crippen LogP contribution in [0.4, 0.5) is 5.69 Å². The molecule has 24 heavy (non-hydrogen) atoms. The third-order valence-corrected chi connectivity index (χ3v) is 5.62. The number of hydrogen-bond donors (Lipinski definition) is 1. The zero-order chi connectivity index (χ0) is 16.7. The van der Waals surface area contributed by atoms with Gasteiger partial charge in [0.25, 0.3) is 0 Å². The molecule has 2 fully saturated rings. The summed E-state index contributed by atoms with van der Waals surface area (Å²) in [5, 5.41) is 4.93. The Morgan fingerprint density at radius 2 is 2.00 bits per heavy atom. The van der Waals surface area contributed by atoms with E-state index in [1.54, 1.807) is 0 Å². The molecule has 2 aromatic rings. The molecule has 1 aliphatic carbocycles. The van der Waals surface area contributed by atoms with E-state index in [1.165, 1.54) is 0 Å². The maximum atomic E-state index is 11.9. The Kier molecular flexibility index (Phi) is 4.39. The van der Waals surface area contributed by atoms with Gasteiger partial charge in [0.1, 0.15) is 0 Å². The first-order valence-corrected chi connectivity index (χ1v) is 9.58. The van der Waals surface area contributed by atoms with Gasteiger partial charge in [-0.25, -0.2) is 0 Å². The van der Waals surface area contributed by atoms with Gasteiger partial charge in [0.15, 0.2) is 0 Å². The first-order valence-electron chi connectivity index (χ1n) is 8.41. The van der Waals surface area contributed by atoms with Gasteiger partial charge in [-0.1, -0.05) is 27.5 Å². The summed E-state index contributed by atoms with van der Waals surface area (Å²) in [4.78, 5) is 18.7. The lowest BCUT2D eigenvalue weighted by Crippen LogP contribution is -2.45. The molecule has 1 N–H and O–H groups in total. The van der Waals surface area contributed by atoms with Crippen LogP contribution in [-0.2, 0) is 4.79 Å². The number of amides is 1. The van der Waals surface area contributed by atoms with Gasteiger partial charge in [0.2, 0.25) is 5.91 Å². The van der Waals surface area contributed by atoms with Gasteiger partial charge >= 0.3 is 0 Å². The first kappa shape index (κ1) is 16.2. The smallest absolute Gasteiger partial charge is 0.223 e. The average Bonchev–Trinajstić information content (AvgIpc) is 3.40. The van der Waals surface area contributed by atoms with E-state index in [9.17, 15) is 4.79 Å².